The Morgan fingerprint density at radius 3 is 2.44 bits per heavy atom. The summed E-state index contributed by atoms with van der Waals surface area (Å²) in [7, 11) is 0. The lowest BCUT2D eigenvalue weighted by atomic mass is 10.0. The van der Waals surface area contributed by atoms with Crippen LogP contribution in [0.5, 0.6) is 5.75 Å². The number of aliphatic hydroxyl groups is 1. The van der Waals surface area contributed by atoms with Crippen molar-refractivity contribution < 1.29 is 18.6 Å². The smallest absolute Gasteiger partial charge is 0.387 e. The van der Waals surface area contributed by atoms with Crippen molar-refractivity contribution in [3.8, 4) is 5.75 Å². The highest BCUT2D eigenvalue weighted by Gasteiger charge is 2.17. The van der Waals surface area contributed by atoms with Gasteiger partial charge in [-0.25, -0.2) is 9.97 Å². The van der Waals surface area contributed by atoms with E-state index in [-0.39, 0.29) is 11.3 Å². The lowest BCUT2D eigenvalue weighted by Gasteiger charge is -2.15. The monoisotopic (exact) mass is 252 g/mol. The van der Waals surface area contributed by atoms with Crippen LogP contribution in [0.1, 0.15) is 17.2 Å². The van der Waals surface area contributed by atoms with Crippen LogP contribution >= 0.6 is 0 Å². The van der Waals surface area contributed by atoms with Crippen molar-refractivity contribution >= 4 is 0 Å². The molecule has 1 heterocycles. The fraction of sp³-hybridized carbons (Fsp3) is 0.167. The van der Waals surface area contributed by atoms with Gasteiger partial charge in [-0.05, 0) is 6.07 Å². The molecule has 0 saturated heterocycles. The summed E-state index contributed by atoms with van der Waals surface area (Å²) in [4.78, 5) is 7.52. The molecule has 94 valence electrons. The molecule has 4 nitrogen and oxygen atoms in total. The van der Waals surface area contributed by atoms with Crippen molar-refractivity contribution in [2.24, 2.45) is 0 Å². The Bertz CT molecular complexity index is 508. The van der Waals surface area contributed by atoms with Crippen molar-refractivity contribution in [3.63, 3.8) is 0 Å². The summed E-state index contributed by atoms with van der Waals surface area (Å²) in [6, 6.07) is 6.06. The second-order valence-electron chi connectivity index (χ2n) is 3.49. The summed E-state index contributed by atoms with van der Waals surface area (Å²) in [6.07, 6.45) is 3.03. The molecule has 1 N–H and O–H groups in total. The van der Waals surface area contributed by atoms with Crippen LogP contribution in [-0.2, 0) is 0 Å². The van der Waals surface area contributed by atoms with Crippen molar-refractivity contribution in [1.29, 1.82) is 0 Å². The van der Waals surface area contributed by atoms with Gasteiger partial charge >= 0.3 is 6.61 Å². The first-order valence-electron chi connectivity index (χ1n) is 5.15. The second-order valence-corrected chi connectivity index (χ2v) is 3.49. The molecule has 0 aliphatic heterocycles. The minimum atomic E-state index is -2.94. The molecule has 0 aliphatic rings. The van der Waals surface area contributed by atoms with Crippen LogP contribution in [0.25, 0.3) is 0 Å². The van der Waals surface area contributed by atoms with E-state index in [9.17, 15) is 13.9 Å². The third kappa shape index (κ3) is 2.78. The predicted octanol–water partition coefficient (Wildman–Crippen LogP) is 2.16. The Balaban J connectivity index is 2.33. The maximum atomic E-state index is 12.2. The van der Waals surface area contributed by atoms with Crippen LogP contribution < -0.4 is 4.74 Å². The standard InChI is InChI=1S/C12H10F2N2O2/c13-12(14)18-10-4-2-1-3-9(10)11(17)8-5-15-7-16-6-8/h1-7,11-12,17H. The van der Waals surface area contributed by atoms with Crippen molar-refractivity contribution in [1.82, 2.24) is 9.97 Å². The molecule has 0 radical (unpaired) electrons. The molecule has 2 rings (SSSR count). The lowest BCUT2D eigenvalue weighted by molar-refractivity contribution is -0.0512. The van der Waals surface area contributed by atoms with Crippen LogP contribution in [-0.4, -0.2) is 21.7 Å². The number of halogens is 2. The Hall–Kier alpha value is -2.08. The molecule has 0 fully saturated rings. The summed E-state index contributed by atoms with van der Waals surface area (Å²) in [5, 5.41) is 10.1. The van der Waals surface area contributed by atoms with Gasteiger partial charge in [0, 0.05) is 23.5 Å². The van der Waals surface area contributed by atoms with Crippen LogP contribution in [0.2, 0.25) is 0 Å². The first-order valence-corrected chi connectivity index (χ1v) is 5.15. The Morgan fingerprint density at radius 2 is 1.78 bits per heavy atom. The summed E-state index contributed by atoms with van der Waals surface area (Å²) < 4.78 is 28.8. The average Bonchev–Trinajstić information content (AvgIpc) is 2.39. The number of para-hydroxylation sites is 1. The van der Waals surface area contributed by atoms with Gasteiger partial charge < -0.3 is 9.84 Å². The number of rotatable bonds is 4. The summed E-state index contributed by atoms with van der Waals surface area (Å²) in [6.45, 7) is -2.94. The minimum absolute atomic E-state index is 0.0659. The minimum Gasteiger partial charge on any atom is -0.434 e. The number of ether oxygens (including phenoxy) is 1. The highest BCUT2D eigenvalue weighted by molar-refractivity contribution is 5.39. The zero-order valence-electron chi connectivity index (χ0n) is 9.20. The maximum absolute atomic E-state index is 12.2. The molecule has 0 saturated carbocycles. The van der Waals surface area contributed by atoms with Crippen LogP contribution in [0.4, 0.5) is 8.78 Å². The zero-order chi connectivity index (χ0) is 13.0. The van der Waals surface area contributed by atoms with E-state index in [0.717, 1.165) is 0 Å². The van der Waals surface area contributed by atoms with Gasteiger partial charge in [0.05, 0.1) is 0 Å². The number of aliphatic hydroxyl groups excluding tert-OH is 1. The first kappa shape index (κ1) is 12.4. The second kappa shape index (κ2) is 5.50. The molecule has 1 aromatic carbocycles. The predicted molar refractivity (Wildman–Crippen MR) is 59.2 cm³/mol. The number of nitrogens with zero attached hydrogens (tertiary/aromatic N) is 2. The van der Waals surface area contributed by atoms with Gasteiger partial charge in [0.2, 0.25) is 0 Å². The van der Waals surface area contributed by atoms with Gasteiger partial charge in [-0.2, -0.15) is 8.78 Å². The van der Waals surface area contributed by atoms with E-state index in [4.69, 9.17) is 0 Å². The fourth-order valence-electron chi connectivity index (χ4n) is 1.54. The van der Waals surface area contributed by atoms with Crippen molar-refractivity contribution in [2.45, 2.75) is 12.7 Å². The molecule has 0 amide bonds. The number of hydrogen-bond acceptors (Lipinski definition) is 4. The quantitative estimate of drug-likeness (QED) is 0.905. The molecule has 0 spiro atoms. The first-order chi connectivity index (χ1) is 8.68. The van der Waals surface area contributed by atoms with E-state index in [0.29, 0.717) is 5.56 Å². The van der Waals surface area contributed by atoms with Gasteiger partial charge in [-0.1, -0.05) is 18.2 Å². The third-order valence-corrected chi connectivity index (χ3v) is 2.33. The van der Waals surface area contributed by atoms with Gasteiger partial charge in [0.1, 0.15) is 18.2 Å². The largest absolute Gasteiger partial charge is 0.434 e. The van der Waals surface area contributed by atoms with Crippen molar-refractivity contribution in [2.75, 3.05) is 0 Å². The van der Waals surface area contributed by atoms with E-state index in [1.807, 2.05) is 0 Å². The van der Waals surface area contributed by atoms with E-state index < -0.39 is 12.7 Å². The zero-order valence-corrected chi connectivity index (χ0v) is 9.20. The molecular formula is C12H10F2N2O2. The number of benzene rings is 1. The molecule has 2 aromatic rings. The Labute approximate surface area is 102 Å². The fourth-order valence-corrected chi connectivity index (χ4v) is 1.54. The van der Waals surface area contributed by atoms with Gasteiger partial charge in [0.25, 0.3) is 0 Å². The van der Waals surface area contributed by atoms with Crippen molar-refractivity contribution in [3.05, 3.63) is 54.1 Å². The Morgan fingerprint density at radius 1 is 1.11 bits per heavy atom. The molecule has 6 heteroatoms. The summed E-state index contributed by atoms with van der Waals surface area (Å²) >= 11 is 0. The number of aromatic nitrogens is 2. The van der Waals surface area contributed by atoms with Gasteiger partial charge in [-0.15, -0.1) is 0 Å². The van der Waals surface area contributed by atoms with Gasteiger partial charge in [0.15, 0.2) is 0 Å². The van der Waals surface area contributed by atoms with Crippen LogP contribution in [0.3, 0.4) is 0 Å². The molecule has 0 bridgehead atoms. The van der Waals surface area contributed by atoms with Gasteiger partial charge in [-0.3, -0.25) is 0 Å². The SMILES string of the molecule is OC(c1cncnc1)c1ccccc1OC(F)F. The van der Waals surface area contributed by atoms with Crippen LogP contribution in [0.15, 0.2) is 43.0 Å². The molecule has 0 aliphatic carbocycles. The lowest BCUT2D eigenvalue weighted by Crippen LogP contribution is -2.08. The molecule has 1 unspecified atom stereocenters. The molecule has 18 heavy (non-hydrogen) atoms. The topological polar surface area (TPSA) is 55.2 Å². The van der Waals surface area contributed by atoms with E-state index >= 15 is 0 Å². The highest BCUT2D eigenvalue weighted by atomic mass is 19.3. The third-order valence-electron chi connectivity index (χ3n) is 2.33. The highest BCUT2D eigenvalue weighted by Crippen LogP contribution is 2.30. The molecule has 1 atom stereocenters. The average molecular weight is 252 g/mol. The summed E-state index contributed by atoms with van der Waals surface area (Å²) in [5.41, 5.74) is 0.649. The Kier molecular flexibility index (Phi) is 3.78. The number of hydrogen-bond donors (Lipinski definition) is 1. The maximum Gasteiger partial charge on any atom is 0.387 e. The number of alkyl halides is 2. The summed E-state index contributed by atoms with van der Waals surface area (Å²) in [5.74, 6) is -0.0659. The normalized spacial score (nSPS) is 12.4. The molecule has 1 aromatic heterocycles. The van der Waals surface area contributed by atoms with Crippen LogP contribution in [0, 0.1) is 0 Å². The van der Waals surface area contributed by atoms with E-state index in [2.05, 4.69) is 14.7 Å². The van der Waals surface area contributed by atoms with E-state index in [1.165, 1.54) is 30.9 Å². The molecular weight excluding hydrogens is 242 g/mol. The van der Waals surface area contributed by atoms with E-state index in [1.54, 1.807) is 12.1 Å².